The van der Waals surface area contributed by atoms with Crippen molar-refractivity contribution in [1.29, 1.82) is 0 Å². The van der Waals surface area contributed by atoms with Crippen LogP contribution in [0.3, 0.4) is 0 Å². The normalized spacial score (nSPS) is 22.9. The molecule has 2 aromatic carbocycles. The van der Waals surface area contributed by atoms with Crippen molar-refractivity contribution >= 4 is 22.4 Å². The monoisotopic (exact) mass is 579 g/mol. The van der Waals surface area contributed by atoms with Crippen LogP contribution in [-0.4, -0.2) is 68.8 Å². The third-order valence-corrected chi connectivity index (χ3v) is 10.4. The van der Waals surface area contributed by atoms with Crippen LogP contribution in [0.1, 0.15) is 44.0 Å². The van der Waals surface area contributed by atoms with Crippen LogP contribution in [0.2, 0.25) is 0 Å². The third kappa shape index (κ3) is 4.97. The molecule has 41 heavy (non-hydrogen) atoms. The van der Waals surface area contributed by atoms with Crippen molar-refractivity contribution in [2.45, 2.75) is 43.9 Å². The lowest BCUT2D eigenvalue weighted by molar-refractivity contribution is -0.145. The number of rotatable bonds is 4. The van der Waals surface area contributed by atoms with E-state index in [0.717, 1.165) is 28.1 Å². The van der Waals surface area contributed by atoms with Crippen LogP contribution >= 0.6 is 0 Å². The third-order valence-electron chi connectivity index (χ3n) is 8.54. The Labute approximate surface area is 241 Å². The zero-order valence-corrected chi connectivity index (χ0v) is 24.5. The molecule has 1 unspecified atom stereocenters. The highest BCUT2D eigenvalue weighted by Crippen LogP contribution is 2.47. The number of halogens is 1. The summed E-state index contributed by atoms with van der Waals surface area (Å²) < 4.78 is 48.0. The summed E-state index contributed by atoms with van der Waals surface area (Å²) in [6.07, 6.45) is 4.59. The minimum atomic E-state index is -3.59. The molecule has 2 fully saturated rings. The average Bonchev–Trinajstić information content (AvgIpc) is 3.37. The fourth-order valence-corrected chi connectivity index (χ4v) is 7.67. The van der Waals surface area contributed by atoms with Gasteiger partial charge in [-0.3, -0.25) is 4.79 Å². The fourth-order valence-electron chi connectivity index (χ4n) is 6.15. The van der Waals surface area contributed by atoms with Gasteiger partial charge in [-0.05, 0) is 81.6 Å². The average molecular weight is 580 g/mol. The van der Waals surface area contributed by atoms with Crippen molar-refractivity contribution in [3.8, 4) is 5.69 Å². The van der Waals surface area contributed by atoms with E-state index in [1.54, 1.807) is 39.4 Å². The molecule has 6 rings (SSSR count). The molecule has 1 aliphatic carbocycles. The Morgan fingerprint density at radius 1 is 1.05 bits per heavy atom. The Bertz CT molecular complexity index is 1540. The number of hydrogen-bond acceptors (Lipinski definition) is 4. The highest BCUT2D eigenvalue weighted by Gasteiger charge is 2.55. The van der Waals surface area contributed by atoms with Crippen LogP contribution in [0.15, 0.2) is 65.2 Å². The Morgan fingerprint density at radius 3 is 2.39 bits per heavy atom. The number of carbonyl (C=O) groups is 1. The standard InChI is InChI=1S/C31H35FN4O4S/c1-30(2,3)23-4-10-27(11-5-23)41(38,39)35-13-12-24-18-28-22(20-33-36(28)26-8-6-25(32)7-9-26)19-31(24,21-35)29(37)34-14-16-40-17-15-34/h4-11,18,20H,12-17,19,21H2,1-3H3/p+1/t31-/m0/s1. The van der Waals surface area contributed by atoms with Gasteiger partial charge in [0, 0.05) is 13.1 Å². The summed E-state index contributed by atoms with van der Waals surface area (Å²) in [5.41, 5.74) is 3.39. The fraction of sp³-hybridized carbons (Fsp3) is 0.419. The van der Waals surface area contributed by atoms with Crippen LogP contribution in [0.4, 0.5) is 4.39 Å². The van der Waals surface area contributed by atoms with Gasteiger partial charge in [-0.25, -0.2) is 9.07 Å². The molecular formula is C31H36FN4O4S+. The summed E-state index contributed by atoms with van der Waals surface area (Å²) in [6.45, 7) is 8.67. The van der Waals surface area contributed by atoms with Crippen LogP contribution in [0, 0.1) is 11.2 Å². The second-order valence-corrected chi connectivity index (χ2v) is 14.1. The molecule has 1 N–H and O–H groups in total. The predicted molar refractivity (Wildman–Crippen MR) is 155 cm³/mol. The Hall–Kier alpha value is -3.18. The first-order valence-corrected chi connectivity index (χ1v) is 15.5. The molecule has 3 aromatic rings. The first-order chi connectivity index (χ1) is 19.5. The number of hydrogen-bond donors (Lipinski definition) is 1. The molecular weight excluding hydrogens is 543 g/mol. The SMILES string of the molecule is CC(C)(C)c1ccc([S+](=O)(O)N2CCC3=Cc4c(cnn4-c4ccc(F)cc4)C[C@]3(C(=O)N3CCOCC3)C2)cc1. The quantitative estimate of drug-likeness (QED) is 0.451. The van der Waals surface area contributed by atoms with Gasteiger partial charge in [0.2, 0.25) is 10.8 Å². The summed E-state index contributed by atoms with van der Waals surface area (Å²) in [6, 6.07) is 13.4. The molecule has 2 aliphatic heterocycles. The van der Waals surface area contributed by atoms with E-state index in [1.165, 1.54) is 12.1 Å². The zero-order valence-electron chi connectivity index (χ0n) is 23.7. The number of nitrogens with zero attached hydrogens (tertiary/aromatic N) is 4. The second-order valence-electron chi connectivity index (χ2n) is 12.2. The van der Waals surface area contributed by atoms with Crippen molar-refractivity contribution in [3.63, 3.8) is 0 Å². The molecule has 0 bridgehead atoms. The molecule has 8 nitrogen and oxygen atoms in total. The number of amides is 1. The predicted octanol–water partition coefficient (Wildman–Crippen LogP) is 4.75. The number of benzene rings is 2. The van der Waals surface area contributed by atoms with Gasteiger partial charge in [-0.2, -0.15) is 9.65 Å². The largest absolute Gasteiger partial charge is 0.378 e. The van der Waals surface area contributed by atoms with Gasteiger partial charge in [-0.1, -0.05) is 37.2 Å². The molecule has 0 radical (unpaired) electrons. The number of fused-ring (bicyclic) bond motifs is 2. The lowest BCUT2D eigenvalue weighted by Gasteiger charge is -2.46. The summed E-state index contributed by atoms with van der Waals surface area (Å²) in [4.78, 5) is 16.5. The van der Waals surface area contributed by atoms with E-state index in [-0.39, 0.29) is 23.7 Å². The van der Waals surface area contributed by atoms with Crippen LogP contribution in [0.5, 0.6) is 0 Å². The first-order valence-electron chi connectivity index (χ1n) is 14.0. The maximum absolute atomic E-state index is 14.4. The Kier molecular flexibility index (Phi) is 7.01. The van der Waals surface area contributed by atoms with Crippen LogP contribution < -0.4 is 0 Å². The van der Waals surface area contributed by atoms with Gasteiger partial charge in [0.25, 0.3) is 0 Å². The molecule has 0 saturated carbocycles. The number of carbonyl (C=O) groups excluding carboxylic acids is 1. The van der Waals surface area contributed by atoms with Gasteiger partial charge in [0.05, 0.1) is 49.3 Å². The minimum absolute atomic E-state index is 0.0461. The van der Waals surface area contributed by atoms with Gasteiger partial charge in [-0.15, -0.1) is 0 Å². The lowest BCUT2D eigenvalue weighted by Crippen LogP contribution is -2.59. The first kappa shape index (κ1) is 28.0. The van der Waals surface area contributed by atoms with E-state index in [9.17, 15) is 17.9 Å². The molecule has 2 saturated heterocycles. The van der Waals surface area contributed by atoms with E-state index in [2.05, 4.69) is 25.9 Å². The van der Waals surface area contributed by atoms with Gasteiger partial charge >= 0.3 is 10.4 Å². The van der Waals surface area contributed by atoms with Crippen LogP contribution in [0.25, 0.3) is 11.8 Å². The van der Waals surface area contributed by atoms with E-state index < -0.39 is 15.8 Å². The summed E-state index contributed by atoms with van der Waals surface area (Å²) in [5.74, 6) is -0.369. The van der Waals surface area contributed by atoms with Crippen molar-refractivity contribution in [1.82, 2.24) is 19.0 Å². The minimum Gasteiger partial charge on any atom is -0.378 e. The number of morpholine rings is 1. The molecule has 3 aliphatic rings. The molecule has 2 atom stereocenters. The van der Waals surface area contributed by atoms with Gasteiger partial charge in [0.1, 0.15) is 5.82 Å². The van der Waals surface area contributed by atoms with Crippen molar-refractivity contribution in [2.75, 3.05) is 39.4 Å². The Morgan fingerprint density at radius 2 is 1.73 bits per heavy atom. The van der Waals surface area contributed by atoms with Crippen molar-refractivity contribution in [3.05, 3.63) is 82.9 Å². The summed E-state index contributed by atoms with van der Waals surface area (Å²) in [5, 5.41) is 4.59. The second kappa shape index (κ2) is 10.3. The maximum atomic E-state index is 14.4. The molecule has 216 valence electrons. The van der Waals surface area contributed by atoms with E-state index in [0.29, 0.717) is 50.6 Å². The number of ether oxygens (including phenoxy) is 1. The Balaban J connectivity index is 1.38. The van der Waals surface area contributed by atoms with Crippen molar-refractivity contribution in [2.24, 2.45) is 5.41 Å². The zero-order chi connectivity index (χ0) is 29.0. The van der Waals surface area contributed by atoms with E-state index in [4.69, 9.17) is 4.74 Å². The summed E-state index contributed by atoms with van der Waals surface area (Å²) in [7, 11) is -3.59. The van der Waals surface area contributed by atoms with E-state index in [1.807, 2.05) is 23.1 Å². The summed E-state index contributed by atoms with van der Waals surface area (Å²) >= 11 is 0. The van der Waals surface area contributed by atoms with E-state index >= 15 is 0 Å². The smallest absolute Gasteiger partial charge is 0.325 e. The molecule has 1 amide bonds. The highest BCUT2D eigenvalue weighted by atomic mass is 32.3. The molecule has 0 spiro atoms. The number of aromatic nitrogens is 2. The molecule has 10 heteroatoms. The molecule has 3 heterocycles. The lowest BCUT2D eigenvalue weighted by atomic mass is 9.67. The number of piperidine rings is 1. The maximum Gasteiger partial charge on any atom is 0.325 e. The van der Waals surface area contributed by atoms with Crippen LogP contribution in [-0.2, 0) is 36.0 Å². The topological polar surface area (TPSA) is 87.9 Å². The highest BCUT2D eigenvalue weighted by molar-refractivity contribution is 7.95. The van der Waals surface area contributed by atoms with Gasteiger partial charge in [0.15, 0.2) is 0 Å². The van der Waals surface area contributed by atoms with Gasteiger partial charge < -0.3 is 9.64 Å². The van der Waals surface area contributed by atoms with Crippen molar-refractivity contribution < 1.29 is 22.7 Å². The molecule has 1 aromatic heterocycles.